The molecule has 0 radical (unpaired) electrons. The van der Waals surface area contributed by atoms with Gasteiger partial charge in [0.2, 0.25) is 0 Å². The third-order valence-corrected chi connectivity index (χ3v) is 4.83. The highest BCUT2D eigenvalue weighted by molar-refractivity contribution is 6.35. The Morgan fingerprint density at radius 3 is 2.78 bits per heavy atom. The summed E-state index contributed by atoms with van der Waals surface area (Å²) in [5.74, 6) is 1.33. The van der Waals surface area contributed by atoms with Gasteiger partial charge in [-0.25, -0.2) is 4.98 Å². The van der Waals surface area contributed by atoms with Crippen LogP contribution in [0.4, 0.5) is 5.82 Å². The van der Waals surface area contributed by atoms with E-state index in [1.165, 1.54) is 6.20 Å². The molecular weight excluding hydrogens is 387 g/mol. The molecule has 1 aromatic carbocycles. The normalized spacial score (nSPS) is 15.6. The predicted octanol–water partition coefficient (Wildman–Crippen LogP) is 4.07. The van der Waals surface area contributed by atoms with Crippen LogP contribution in [0.1, 0.15) is 18.1 Å². The van der Waals surface area contributed by atoms with E-state index < -0.39 is 0 Å². The smallest absolute Gasteiger partial charge is 0.165 e. The topological polar surface area (TPSA) is 59.0 Å². The summed E-state index contributed by atoms with van der Waals surface area (Å²) in [5.41, 5.74) is 5.83. The number of nitrogens with zero attached hydrogens (tertiary/aromatic N) is 3. The number of anilines is 1. The molecule has 6 nitrogen and oxygen atoms in total. The first-order chi connectivity index (χ1) is 13.1. The number of benzene rings is 1. The van der Waals surface area contributed by atoms with Gasteiger partial charge in [0.25, 0.3) is 0 Å². The van der Waals surface area contributed by atoms with Crippen molar-refractivity contribution in [2.75, 3.05) is 38.8 Å². The van der Waals surface area contributed by atoms with E-state index in [-0.39, 0.29) is 0 Å². The standard InChI is InChI=1S/C19H22Cl2N4O2/c1-13(23-24-19-17(21)10-16(20)11-22-19)14-3-4-18(26-2)15(9-14)12-25-5-7-27-8-6-25/h3-4,9-11H,5-8,12H2,1-2H3,(H,22,24)/b23-13-. The summed E-state index contributed by atoms with van der Waals surface area (Å²) in [6.45, 7) is 6.11. The second kappa shape index (κ2) is 9.37. The molecule has 0 unspecified atom stereocenters. The van der Waals surface area contributed by atoms with Crippen LogP contribution in [0.2, 0.25) is 10.0 Å². The zero-order chi connectivity index (χ0) is 19.2. The monoisotopic (exact) mass is 408 g/mol. The second-order valence-electron chi connectivity index (χ2n) is 6.21. The minimum Gasteiger partial charge on any atom is -0.496 e. The molecule has 2 aromatic rings. The number of nitrogens with one attached hydrogen (secondary N) is 1. The van der Waals surface area contributed by atoms with Gasteiger partial charge in [0.1, 0.15) is 5.75 Å². The fourth-order valence-corrected chi connectivity index (χ4v) is 3.25. The Hall–Kier alpha value is -1.86. The van der Waals surface area contributed by atoms with Gasteiger partial charge in [-0.2, -0.15) is 5.10 Å². The van der Waals surface area contributed by atoms with E-state index in [0.29, 0.717) is 15.9 Å². The molecular formula is C19H22Cl2N4O2. The lowest BCUT2D eigenvalue weighted by Gasteiger charge is -2.27. The first kappa shape index (κ1) is 19.9. The van der Waals surface area contributed by atoms with Crippen LogP contribution < -0.4 is 10.2 Å². The molecule has 0 aliphatic carbocycles. The number of morpholine rings is 1. The first-order valence-electron chi connectivity index (χ1n) is 8.65. The maximum Gasteiger partial charge on any atom is 0.165 e. The van der Waals surface area contributed by atoms with Crippen molar-refractivity contribution >= 4 is 34.7 Å². The Morgan fingerprint density at radius 1 is 1.30 bits per heavy atom. The second-order valence-corrected chi connectivity index (χ2v) is 7.05. The van der Waals surface area contributed by atoms with Crippen molar-refractivity contribution in [3.63, 3.8) is 0 Å². The number of pyridine rings is 1. The Labute approximate surface area is 169 Å². The molecule has 27 heavy (non-hydrogen) atoms. The summed E-state index contributed by atoms with van der Waals surface area (Å²) in [4.78, 5) is 6.50. The molecule has 0 atom stereocenters. The van der Waals surface area contributed by atoms with Gasteiger partial charge in [0.15, 0.2) is 5.82 Å². The SMILES string of the molecule is COc1ccc(/C(C)=N\Nc2ncc(Cl)cc2Cl)cc1CN1CCOCC1. The molecule has 1 aromatic heterocycles. The number of aromatic nitrogens is 1. The summed E-state index contributed by atoms with van der Waals surface area (Å²) in [6, 6.07) is 7.68. The molecule has 0 spiro atoms. The molecule has 1 saturated heterocycles. The van der Waals surface area contributed by atoms with Gasteiger partial charge < -0.3 is 9.47 Å². The largest absolute Gasteiger partial charge is 0.496 e. The molecule has 0 saturated carbocycles. The minimum absolute atomic E-state index is 0.418. The van der Waals surface area contributed by atoms with Crippen molar-refractivity contribution in [2.24, 2.45) is 5.10 Å². The van der Waals surface area contributed by atoms with E-state index in [1.807, 2.05) is 19.1 Å². The lowest BCUT2D eigenvalue weighted by atomic mass is 10.1. The van der Waals surface area contributed by atoms with Crippen LogP contribution in [-0.2, 0) is 11.3 Å². The Bertz CT molecular complexity index is 823. The van der Waals surface area contributed by atoms with E-state index in [9.17, 15) is 0 Å². The van der Waals surface area contributed by atoms with Crippen LogP contribution >= 0.6 is 23.2 Å². The van der Waals surface area contributed by atoms with Crippen LogP contribution in [-0.4, -0.2) is 49.0 Å². The van der Waals surface area contributed by atoms with Crippen LogP contribution in [0.3, 0.4) is 0 Å². The zero-order valence-electron chi connectivity index (χ0n) is 15.3. The average molecular weight is 409 g/mol. The molecule has 1 N–H and O–H groups in total. The molecule has 8 heteroatoms. The quantitative estimate of drug-likeness (QED) is 0.576. The number of rotatable bonds is 6. The fraction of sp³-hybridized carbons (Fsp3) is 0.368. The molecule has 1 aliphatic rings. The summed E-state index contributed by atoms with van der Waals surface area (Å²) < 4.78 is 10.9. The third-order valence-electron chi connectivity index (χ3n) is 4.33. The lowest BCUT2D eigenvalue weighted by Crippen LogP contribution is -2.35. The summed E-state index contributed by atoms with van der Waals surface area (Å²) >= 11 is 12.0. The van der Waals surface area contributed by atoms with Gasteiger partial charge in [-0.05, 0) is 36.8 Å². The molecule has 0 bridgehead atoms. The molecule has 1 aliphatic heterocycles. The Morgan fingerprint density at radius 2 is 2.07 bits per heavy atom. The third kappa shape index (κ3) is 5.32. The highest BCUT2D eigenvalue weighted by atomic mass is 35.5. The number of hydrogen-bond acceptors (Lipinski definition) is 6. The minimum atomic E-state index is 0.418. The number of methoxy groups -OCH3 is 1. The maximum atomic E-state index is 6.12. The van der Waals surface area contributed by atoms with E-state index in [1.54, 1.807) is 13.2 Å². The molecule has 1 fully saturated rings. The summed E-state index contributed by atoms with van der Waals surface area (Å²) in [6.07, 6.45) is 1.52. The summed E-state index contributed by atoms with van der Waals surface area (Å²) in [5, 5.41) is 5.30. The van der Waals surface area contributed by atoms with Crippen molar-refractivity contribution < 1.29 is 9.47 Å². The lowest BCUT2D eigenvalue weighted by molar-refractivity contribution is 0.0339. The van der Waals surface area contributed by atoms with Crippen molar-refractivity contribution in [1.82, 2.24) is 9.88 Å². The highest BCUT2D eigenvalue weighted by Gasteiger charge is 2.14. The maximum absolute atomic E-state index is 6.12. The van der Waals surface area contributed by atoms with E-state index in [2.05, 4.69) is 26.5 Å². The number of hydrazone groups is 1. The molecule has 3 rings (SSSR count). The zero-order valence-corrected chi connectivity index (χ0v) is 16.8. The number of hydrogen-bond donors (Lipinski definition) is 1. The van der Waals surface area contributed by atoms with Gasteiger partial charge in [-0.1, -0.05) is 23.2 Å². The highest BCUT2D eigenvalue weighted by Crippen LogP contribution is 2.24. The molecule has 2 heterocycles. The van der Waals surface area contributed by atoms with Gasteiger partial charge in [0.05, 0.1) is 36.1 Å². The van der Waals surface area contributed by atoms with E-state index in [0.717, 1.165) is 55.4 Å². The van der Waals surface area contributed by atoms with Gasteiger partial charge >= 0.3 is 0 Å². The van der Waals surface area contributed by atoms with Gasteiger partial charge in [-0.3, -0.25) is 10.3 Å². The van der Waals surface area contributed by atoms with E-state index >= 15 is 0 Å². The Kier molecular flexibility index (Phi) is 6.90. The molecule has 0 amide bonds. The van der Waals surface area contributed by atoms with Crippen molar-refractivity contribution in [2.45, 2.75) is 13.5 Å². The van der Waals surface area contributed by atoms with Crippen molar-refractivity contribution in [1.29, 1.82) is 0 Å². The van der Waals surface area contributed by atoms with Crippen LogP contribution in [0.25, 0.3) is 0 Å². The summed E-state index contributed by atoms with van der Waals surface area (Å²) in [7, 11) is 1.69. The number of ether oxygens (including phenoxy) is 2. The van der Waals surface area contributed by atoms with Crippen LogP contribution in [0.15, 0.2) is 35.6 Å². The van der Waals surface area contributed by atoms with Crippen molar-refractivity contribution in [3.8, 4) is 5.75 Å². The van der Waals surface area contributed by atoms with Crippen molar-refractivity contribution in [3.05, 3.63) is 51.6 Å². The van der Waals surface area contributed by atoms with Crippen LogP contribution in [0.5, 0.6) is 5.75 Å². The average Bonchev–Trinajstić information content (AvgIpc) is 2.68. The first-order valence-corrected chi connectivity index (χ1v) is 9.41. The van der Waals surface area contributed by atoms with Gasteiger partial charge in [-0.15, -0.1) is 0 Å². The Balaban J connectivity index is 1.77. The molecule has 144 valence electrons. The van der Waals surface area contributed by atoms with Crippen LogP contribution in [0, 0.1) is 0 Å². The predicted molar refractivity (Wildman–Crippen MR) is 109 cm³/mol. The van der Waals surface area contributed by atoms with E-state index in [4.69, 9.17) is 32.7 Å². The fourth-order valence-electron chi connectivity index (χ4n) is 2.83. The van der Waals surface area contributed by atoms with Gasteiger partial charge in [0, 0.05) is 31.4 Å². The number of halogens is 2.